The van der Waals surface area contributed by atoms with E-state index in [1.807, 2.05) is 12.2 Å². The van der Waals surface area contributed by atoms with Crippen LogP contribution in [0.25, 0.3) is 0 Å². The monoisotopic (exact) mass is 392 g/mol. The van der Waals surface area contributed by atoms with Gasteiger partial charge in [-0.3, -0.25) is 9.59 Å². The summed E-state index contributed by atoms with van der Waals surface area (Å²) in [7, 11) is 0. The number of allylic oxidation sites excluding steroid dienone is 4. The lowest BCUT2D eigenvalue weighted by atomic mass is 9.79. The fraction of sp³-hybridized carbons (Fsp3) is 0.750. The first-order chi connectivity index (χ1) is 13.4. The van der Waals surface area contributed by atoms with Gasteiger partial charge in [-0.15, -0.1) is 0 Å². The highest BCUT2D eigenvalue weighted by Gasteiger charge is 2.54. The summed E-state index contributed by atoms with van der Waals surface area (Å²) >= 11 is 0. The minimum atomic E-state index is -1.25. The maximum atomic E-state index is 12.8. The molecule has 1 rings (SSSR count). The van der Waals surface area contributed by atoms with Gasteiger partial charge in [-0.05, 0) is 38.5 Å². The van der Waals surface area contributed by atoms with Gasteiger partial charge in [0.2, 0.25) is 0 Å². The van der Waals surface area contributed by atoms with Crippen molar-refractivity contribution in [2.45, 2.75) is 111 Å². The van der Waals surface area contributed by atoms with E-state index >= 15 is 0 Å². The zero-order valence-electron chi connectivity index (χ0n) is 18.4. The highest BCUT2D eigenvalue weighted by molar-refractivity contribution is 6.02. The zero-order chi connectivity index (χ0) is 20.9. The van der Waals surface area contributed by atoms with Crippen LogP contribution in [0.3, 0.4) is 0 Å². The molecule has 1 saturated heterocycles. The highest BCUT2D eigenvalue weighted by atomic mass is 16.7. The third-order valence-electron chi connectivity index (χ3n) is 5.17. The summed E-state index contributed by atoms with van der Waals surface area (Å²) in [6, 6.07) is 0. The first-order valence-corrected chi connectivity index (χ1v) is 11.1. The second-order valence-corrected chi connectivity index (χ2v) is 8.31. The minimum absolute atomic E-state index is 0.328. The van der Waals surface area contributed by atoms with Crippen molar-refractivity contribution >= 4 is 11.9 Å². The van der Waals surface area contributed by atoms with Gasteiger partial charge in [-0.1, -0.05) is 76.7 Å². The van der Waals surface area contributed by atoms with Gasteiger partial charge in [0.15, 0.2) is 5.41 Å². The van der Waals surface area contributed by atoms with Crippen molar-refractivity contribution < 1.29 is 19.1 Å². The maximum absolute atomic E-state index is 12.8. The Morgan fingerprint density at radius 1 is 0.679 bits per heavy atom. The van der Waals surface area contributed by atoms with Gasteiger partial charge in [0.1, 0.15) is 0 Å². The van der Waals surface area contributed by atoms with Gasteiger partial charge in [-0.25, -0.2) is 0 Å². The van der Waals surface area contributed by atoms with Gasteiger partial charge in [0.05, 0.1) is 0 Å². The molecular formula is C24H40O4. The normalized spacial score (nSPS) is 18.6. The molecule has 0 N–H and O–H groups in total. The van der Waals surface area contributed by atoms with Crippen molar-refractivity contribution in [3.63, 3.8) is 0 Å². The SMILES string of the molecule is CCCCCC/C=C/CC1(C/C=C/CCCCCC)C(=O)OC(C)(C)OC1=O. The number of ether oxygens (including phenoxy) is 2. The van der Waals surface area contributed by atoms with Crippen LogP contribution in [0.4, 0.5) is 0 Å². The molecule has 4 heteroatoms. The van der Waals surface area contributed by atoms with E-state index in [1.54, 1.807) is 13.8 Å². The topological polar surface area (TPSA) is 52.6 Å². The Hall–Kier alpha value is -1.58. The largest absolute Gasteiger partial charge is 0.422 e. The first-order valence-electron chi connectivity index (χ1n) is 11.1. The molecule has 0 bridgehead atoms. The lowest BCUT2D eigenvalue weighted by molar-refractivity contribution is -0.250. The van der Waals surface area contributed by atoms with Crippen molar-refractivity contribution in [2.24, 2.45) is 5.41 Å². The Kier molecular flexibility index (Phi) is 11.2. The second-order valence-electron chi connectivity index (χ2n) is 8.31. The van der Waals surface area contributed by atoms with Crippen LogP contribution in [-0.4, -0.2) is 17.7 Å². The lowest BCUT2D eigenvalue weighted by Gasteiger charge is -2.39. The Morgan fingerprint density at radius 3 is 1.50 bits per heavy atom. The Bertz CT molecular complexity index is 485. The summed E-state index contributed by atoms with van der Waals surface area (Å²) in [5.74, 6) is -2.13. The van der Waals surface area contributed by atoms with Crippen molar-refractivity contribution in [3.05, 3.63) is 24.3 Å². The van der Waals surface area contributed by atoms with Crippen LogP contribution in [0.1, 0.15) is 105 Å². The number of hydrogen-bond acceptors (Lipinski definition) is 4. The van der Waals surface area contributed by atoms with E-state index in [2.05, 4.69) is 26.0 Å². The van der Waals surface area contributed by atoms with E-state index in [-0.39, 0.29) is 0 Å². The van der Waals surface area contributed by atoms with Crippen LogP contribution in [-0.2, 0) is 19.1 Å². The first kappa shape index (κ1) is 24.5. The van der Waals surface area contributed by atoms with E-state index in [4.69, 9.17) is 9.47 Å². The van der Waals surface area contributed by atoms with Gasteiger partial charge in [0, 0.05) is 13.8 Å². The predicted octanol–water partition coefficient (Wildman–Crippen LogP) is 6.64. The van der Waals surface area contributed by atoms with Gasteiger partial charge < -0.3 is 9.47 Å². The van der Waals surface area contributed by atoms with Crippen LogP contribution < -0.4 is 0 Å². The fourth-order valence-electron chi connectivity index (χ4n) is 3.35. The molecule has 0 aliphatic carbocycles. The number of carbonyl (C=O) groups excluding carboxylic acids is 2. The van der Waals surface area contributed by atoms with Gasteiger partial charge >= 0.3 is 11.9 Å². The fourth-order valence-corrected chi connectivity index (χ4v) is 3.35. The van der Waals surface area contributed by atoms with Crippen LogP contribution in [0.2, 0.25) is 0 Å². The number of unbranched alkanes of at least 4 members (excludes halogenated alkanes) is 8. The molecule has 28 heavy (non-hydrogen) atoms. The Labute approximate surface area is 171 Å². The van der Waals surface area contributed by atoms with Crippen molar-refractivity contribution in [3.8, 4) is 0 Å². The standard InChI is InChI=1S/C24H40O4/c1-5-7-9-11-13-15-17-19-24(20-18-16-14-12-10-8-6-2)21(25)27-23(3,4)28-22(24)26/h15-18H,5-14,19-20H2,1-4H3/b17-15+,18-16+. The highest BCUT2D eigenvalue weighted by Crippen LogP contribution is 2.39. The van der Waals surface area contributed by atoms with Gasteiger partial charge in [-0.2, -0.15) is 0 Å². The molecule has 0 spiro atoms. The number of cyclic esters (lactones) is 2. The van der Waals surface area contributed by atoms with Crippen molar-refractivity contribution in [1.82, 2.24) is 0 Å². The Morgan fingerprint density at radius 2 is 1.11 bits per heavy atom. The minimum Gasteiger partial charge on any atom is -0.422 e. The summed E-state index contributed by atoms with van der Waals surface area (Å²) < 4.78 is 10.9. The van der Waals surface area contributed by atoms with E-state index < -0.39 is 23.1 Å². The summed E-state index contributed by atoms with van der Waals surface area (Å²) in [4.78, 5) is 25.5. The van der Waals surface area contributed by atoms with E-state index in [1.165, 1.54) is 38.5 Å². The zero-order valence-corrected chi connectivity index (χ0v) is 18.4. The van der Waals surface area contributed by atoms with Gasteiger partial charge in [0.25, 0.3) is 5.79 Å². The molecular weight excluding hydrogens is 352 g/mol. The average Bonchev–Trinajstić information content (AvgIpc) is 2.63. The van der Waals surface area contributed by atoms with Crippen LogP contribution in [0.15, 0.2) is 24.3 Å². The Balaban J connectivity index is 2.69. The third-order valence-corrected chi connectivity index (χ3v) is 5.17. The quantitative estimate of drug-likeness (QED) is 0.144. The molecule has 1 heterocycles. The molecule has 0 unspecified atom stereocenters. The molecule has 1 fully saturated rings. The molecule has 0 aromatic carbocycles. The second kappa shape index (κ2) is 12.8. The molecule has 0 aromatic rings. The molecule has 4 nitrogen and oxygen atoms in total. The maximum Gasteiger partial charge on any atom is 0.327 e. The molecule has 160 valence electrons. The molecule has 0 saturated carbocycles. The number of hydrogen-bond donors (Lipinski definition) is 0. The molecule has 1 aliphatic heterocycles. The number of esters is 2. The predicted molar refractivity (Wildman–Crippen MR) is 114 cm³/mol. The van der Waals surface area contributed by atoms with Crippen LogP contribution >= 0.6 is 0 Å². The summed E-state index contributed by atoms with van der Waals surface area (Å²) in [6.07, 6.45) is 20.3. The molecule has 0 atom stereocenters. The molecule has 0 aromatic heterocycles. The number of carbonyl (C=O) groups is 2. The molecule has 0 amide bonds. The van der Waals surface area contributed by atoms with Crippen LogP contribution in [0.5, 0.6) is 0 Å². The number of rotatable bonds is 14. The van der Waals surface area contributed by atoms with E-state index in [9.17, 15) is 9.59 Å². The summed E-state index contributed by atoms with van der Waals surface area (Å²) in [5.41, 5.74) is -1.25. The molecule has 1 aliphatic rings. The smallest absolute Gasteiger partial charge is 0.327 e. The summed E-state index contributed by atoms with van der Waals surface area (Å²) in [5, 5.41) is 0. The van der Waals surface area contributed by atoms with E-state index in [0.29, 0.717) is 12.8 Å². The summed E-state index contributed by atoms with van der Waals surface area (Å²) in [6.45, 7) is 7.58. The molecule has 0 radical (unpaired) electrons. The van der Waals surface area contributed by atoms with Crippen molar-refractivity contribution in [2.75, 3.05) is 0 Å². The van der Waals surface area contributed by atoms with E-state index in [0.717, 1.165) is 25.7 Å². The lowest BCUT2D eigenvalue weighted by Crippen LogP contribution is -2.53. The van der Waals surface area contributed by atoms with Crippen LogP contribution in [0, 0.1) is 5.41 Å². The average molecular weight is 393 g/mol. The third kappa shape index (κ3) is 8.20. The van der Waals surface area contributed by atoms with Crippen molar-refractivity contribution in [1.29, 1.82) is 0 Å².